The summed E-state index contributed by atoms with van der Waals surface area (Å²) in [4.78, 5) is 11.5. The molecule has 2 aromatic heterocycles. The van der Waals surface area contributed by atoms with Crippen LogP contribution >= 0.6 is 15.9 Å². The Kier molecular flexibility index (Phi) is 2.73. The van der Waals surface area contributed by atoms with Gasteiger partial charge >= 0.3 is 5.97 Å². The van der Waals surface area contributed by atoms with Gasteiger partial charge in [0.15, 0.2) is 0 Å². The van der Waals surface area contributed by atoms with E-state index in [0.717, 1.165) is 10.1 Å². The fourth-order valence-corrected chi connectivity index (χ4v) is 1.78. The minimum absolute atomic E-state index is 0.342. The van der Waals surface area contributed by atoms with Crippen molar-refractivity contribution in [2.45, 2.75) is 6.92 Å². The number of halogens is 1. The molecule has 0 aliphatic carbocycles. The second kappa shape index (κ2) is 4.02. The summed E-state index contributed by atoms with van der Waals surface area (Å²) in [5.41, 5.74) is 1.22. The Hall–Kier alpha value is -1.36. The molecule has 0 amide bonds. The number of hydrogen-bond donors (Lipinski definition) is 0. The number of pyridine rings is 1. The molecule has 0 spiro atoms. The number of aromatic nitrogens is 2. The molecule has 15 heavy (non-hydrogen) atoms. The van der Waals surface area contributed by atoms with Gasteiger partial charge < -0.3 is 4.74 Å². The molecule has 0 aromatic carbocycles. The normalized spacial score (nSPS) is 10.5. The lowest BCUT2D eigenvalue weighted by Gasteiger charge is -2.00. The molecule has 2 heterocycles. The van der Waals surface area contributed by atoms with Gasteiger partial charge in [0.1, 0.15) is 10.2 Å². The Morgan fingerprint density at radius 1 is 1.60 bits per heavy atom. The van der Waals surface area contributed by atoms with Crippen LogP contribution in [0.4, 0.5) is 0 Å². The van der Waals surface area contributed by atoms with E-state index in [0.29, 0.717) is 12.2 Å². The number of carbonyl (C=O) groups is 1. The van der Waals surface area contributed by atoms with Crippen LogP contribution in [-0.2, 0) is 4.74 Å². The molecule has 78 valence electrons. The van der Waals surface area contributed by atoms with E-state index in [1.165, 1.54) is 6.20 Å². The molecule has 0 saturated heterocycles. The summed E-state index contributed by atoms with van der Waals surface area (Å²) in [5.74, 6) is -0.342. The maximum Gasteiger partial charge on any atom is 0.341 e. The van der Waals surface area contributed by atoms with Crippen molar-refractivity contribution in [3.63, 3.8) is 0 Å². The summed E-state index contributed by atoms with van der Waals surface area (Å²) in [5, 5.41) is 4.09. The van der Waals surface area contributed by atoms with Crippen molar-refractivity contribution in [2.75, 3.05) is 6.61 Å². The van der Waals surface area contributed by atoms with Crippen LogP contribution in [0.15, 0.2) is 29.0 Å². The zero-order chi connectivity index (χ0) is 10.8. The number of fused-ring (bicyclic) bond motifs is 1. The van der Waals surface area contributed by atoms with Gasteiger partial charge in [-0.25, -0.2) is 9.31 Å². The summed E-state index contributed by atoms with van der Waals surface area (Å²) in [6, 6.07) is 5.53. The zero-order valence-corrected chi connectivity index (χ0v) is 9.69. The van der Waals surface area contributed by atoms with Gasteiger partial charge in [-0.2, -0.15) is 5.10 Å². The third kappa shape index (κ3) is 1.74. The molecule has 2 aromatic rings. The highest BCUT2D eigenvalue weighted by Crippen LogP contribution is 2.17. The lowest BCUT2D eigenvalue weighted by atomic mass is 10.3. The molecular formula is C10H9BrN2O2. The molecule has 4 nitrogen and oxygen atoms in total. The van der Waals surface area contributed by atoms with Crippen LogP contribution in [0.25, 0.3) is 5.52 Å². The summed E-state index contributed by atoms with van der Waals surface area (Å²) in [7, 11) is 0. The van der Waals surface area contributed by atoms with E-state index in [1.807, 2.05) is 18.2 Å². The Morgan fingerprint density at radius 3 is 3.13 bits per heavy atom. The first-order chi connectivity index (χ1) is 7.24. The van der Waals surface area contributed by atoms with Gasteiger partial charge in [0.25, 0.3) is 0 Å². The van der Waals surface area contributed by atoms with Crippen LogP contribution < -0.4 is 0 Å². The molecule has 0 unspecified atom stereocenters. The Labute approximate surface area is 95.0 Å². The first-order valence-corrected chi connectivity index (χ1v) is 5.32. The van der Waals surface area contributed by atoms with Crippen molar-refractivity contribution < 1.29 is 9.53 Å². The van der Waals surface area contributed by atoms with Gasteiger partial charge in [0.05, 0.1) is 18.3 Å². The first-order valence-electron chi connectivity index (χ1n) is 4.53. The van der Waals surface area contributed by atoms with Gasteiger partial charge in [0.2, 0.25) is 0 Å². The number of hydrogen-bond acceptors (Lipinski definition) is 3. The molecule has 5 heteroatoms. The van der Waals surface area contributed by atoms with Crippen LogP contribution in [0.2, 0.25) is 0 Å². The van der Waals surface area contributed by atoms with E-state index in [4.69, 9.17) is 4.74 Å². The molecule has 0 bridgehead atoms. The van der Waals surface area contributed by atoms with E-state index >= 15 is 0 Å². The number of rotatable bonds is 2. The molecule has 2 rings (SSSR count). The third-order valence-corrected chi connectivity index (χ3v) is 2.59. The summed E-state index contributed by atoms with van der Waals surface area (Å²) in [6.07, 6.45) is 1.51. The Bertz CT molecular complexity index is 507. The topological polar surface area (TPSA) is 43.6 Å². The van der Waals surface area contributed by atoms with Gasteiger partial charge in [-0.1, -0.05) is 6.07 Å². The molecule has 0 saturated carbocycles. The molecule has 0 N–H and O–H groups in total. The molecule has 0 atom stereocenters. The van der Waals surface area contributed by atoms with E-state index < -0.39 is 0 Å². The molecular weight excluding hydrogens is 260 g/mol. The van der Waals surface area contributed by atoms with Crippen molar-refractivity contribution in [3.05, 3.63) is 34.6 Å². The maximum atomic E-state index is 11.5. The molecule has 0 fully saturated rings. The van der Waals surface area contributed by atoms with Crippen LogP contribution in [0.5, 0.6) is 0 Å². The van der Waals surface area contributed by atoms with E-state index in [2.05, 4.69) is 21.0 Å². The third-order valence-electron chi connectivity index (χ3n) is 1.99. The molecule has 0 aliphatic rings. The van der Waals surface area contributed by atoms with Crippen LogP contribution in [0, 0.1) is 0 Å². The highest BCUT2D eigenvalue weighted by molar-refractivity contribution is 9.10. The minimum atomic E-state index is -0.342. The van der Waals surface area contributed by atoms with Crippen molar-refractivity contribution in [1.82, 2.24) is 9.61 Å². The standard InChI is InChI=1S/C10H9BrN2O2/c1-2-15-10(14)7-6-12-13-8(7)4-3-5-9(13)11/h3-6H,2H2,1H3. The summed E-state index contributed by atoms with van der Waals surface area (Å²) < 4.78 is 7.37. The van der Waals surface area contributed by atoms with Crippen LogP contribution in [0.1, 0.15) is 17.3 Å². The fraction of sp³-hybridized carbons (Fsp3) is 0.200. The highest BCUT2D eigenvalue weighted by Gasteiger charge is 2.13. The lowest BCUT2D eigenvalue weighted by Crippen LogP contribution is -2.03. The van der Waals surface area contributed by atoms with E-state index in [9.17, 15) is 4.79 Å². The Morgan fingerprint density at radius 2 is 2.40 bits per heavy atom. The van der Waals surface area contributed by atoms with Gasteiger partial charge in [-0.3, -0.25) is 0 Å². The van der Waals surface area contributed by atoms with Crippen molar-refractivity contribution in [2.24, 2.45) is 0 Å². The highest BCUT2D eigenvalue weighted by atomic mass is 79.9. The number of ether oxygens (including phenoxy) is 1. The first kappa shape index (κ1) is 10.2. The fourth-order valence-electron chi connectivity index (χ4n) is 1.34. The number of nitrogens with zero attached hydrogens (tertiary/aromatic N) is 2. The second-order valence-corrected chi connectivity index (χ2v) is 3.74. The van der Waals surface area contributed by atoms with Gasteiger partial charge in [-0.15, -0.1) is 0 Å². The maximum absolute atomic E-state index is 11.5. The monoisotopic (exact) mass is 268 g/mol. The second-order valence-electron chi connectivity index (χ2n) is 2.92. The average molecular weight is 269 g/mol. The lowest BCUT2D eigenvalue weighted by molar-refractivity contribution is 0.0528. The van der Waals surface area contributed by atoms with Crippen LogP contribution in [0.3, 0.4) is 0 Å². The molecule has 0 radical (unpaired) electrons. The SMILES string of the molecule is CCOC(=O)c1cnn2c(Br)cccc12. The van der Waals surface area contributed by atoms with Gasteiger partial charge in [0, 0.05) is 0 Å². The van der Waals surface area contributed by atoms with E-state index in [1.54, 1.807) is 11.4 Å². The van der Waals surface area contributed by atoms with E-state index in [-0.39, 0.29) is 5.97 Å². The summed E-state index contributed by atoms with van der Waals surface area (Å²) >= 11 is 3.35. The smallest absolute Gasteiger partial charge is 0.341 e. The predicted octanol–water partition coefficient (Wildman–Crippen LogP) is 2.27. The predicted molar refractivity (Wildman–Crippen MR) is 58.8 cm³/mol. The van der Waals surface area contributed by atoms with Gasteiger partial charge in [-0.05, 0) is 35.0 Å². The van der Waals surface area contributed by atoms with Crippen LogP contribution in [-0.4, -0.2) is 22.2 Å². The zero-order valence-electron chi connectivity index (χ0n) is 8.11. The van der Waals surface area contributed by atoms with Crippen molar-refractivity contribution in [3.8, 4) is 0 Å². The largest absolute Gasteiger partial charge is 0.462 e. The van der Waals surface area contributed by atoms with Crippen molar-refractivity contribution in [1.29, 1.82) is 0 Å². The minimum Gasteiger partial charge on any atom is -0.462 e. The number of esters is 1. The quantitative estimate of drug-likeness (QED) is 0.620. The number of carbonyl (C=O) groups excluding carboxylic acids is 1. The summed E-state index contributed by atoms with van der Waals surface area (Å²) in [6.45, 7) is 2.14. The average Bonchev–Trinajstić information content (AvgIpc) is 2.63. The Balaban J connectivity index is 2.54. The van der Waals surface area contributed by atoms with Crippen molar-refractivity contribution >= 4 is 27.4 Å². The molecule has 0 aliphatic heterocycles.